The Kier molecular flexibility index (Phi) is 4.47. The van der Waals surface area contributed by atoms with Crippen molar-refractivity contribution < 1.29 is 19.1 Å². The average molecular weight is 318 g/mol. The number of nitrogens with zero attached hydrogens (tertiary/aromatic N) is 1. The summed E-state index contributed by atoms with van der Waals surface area (Å²) in [4.78, 5) is 12.4. The van der Waals surface area contributed by atoms with Crippen LogP contribution in [0.5, 0.6) is 0 Å². The van der Waals surface area contributed by atoms with Gasteiger partial charge in [0.25, 0.3) is 0 Å². The maximum absolute atomic E-state index is 12.4. The van der Waals surface area contributed by atoms with Crippen LogP contribution in [0, 0.1) is 5.92 Å². The summed E-state index contributed by atoms with van der Waals surface area (Å²) in [7, 11) is 4.37. The number of rotatable bonds is 5. The van der Waals surface area contributed by atoms with Crippen molar-refractivity contribution in [3.8, 4) is 0 Å². The van der Waals surface area contributed by atoms with E-state index in [1.54, 1.807) is 0 Å². The molecule has 0 aromatic heterocycles. The number of ether oxygens (including phenoxy) is 1. The topological polar surface area (TPSA) is 46.5 Å². The normalized spacial score (nSPS) is 27.0. The lowest BCUT2D eigenvalue weighted by Crippen LogP contribution is -2.48. The molecule has 1 aromatic carbocycles. The molecule has 4 heteroatoms. The molecule has 2 atom stereocenters. The summed E-state index contributed by atoms with van der Waals surface area (Å²) in [6.07, 6.45) is 5.02. The first-order valence-corrected chi connectivity index (χ1v) is 8.73. The van der Waals surface area contributed by atoms with Crippen LogP contribution in [0.25, 0.3) is 0 Å². The van der Waals surface area contributed by atoms with Crippen LogP contribution < -0.4 is 0 Å². The number of aliphatic carboxylic acids is 1. The van der Waals surface area contributed by atoms with Gasteiger partial charge in [0.05, 0.1) is 20.6 Å². The first-order chi connectivity index (χ1) is 10.9. The molecular weight excluding hydrogens is 290 g/mol. The zero-order valence-electron chi connectivity index (χ0n) is 14.2. The quantitative estimate of drug-likeness (QED) is 0.849. The number of likely N-dealkylation sites (tertiary alicyclic amines) is 1. The monoisotopic (exact) mass is 318 g/mol. The summed E-state index contributed by atoms with van der Waals surface area (Å²) < 4.78 is 7.35. The predicted octanol–water partition coefficient (Wildman–Crippen LogP) is 3.02. The highest BCUT2D eigenvalue weighted by Crippen LogP contribution is 2.45. The van der Waals surface area contributed by atoms with Crippen molar-refractivity contribution in [3.63, 3.8) is 0 Å². The van der Waals surface area contributed by atoms with Gasteiger partial charge in [-0.2, -0.15) is 0 Å². The van der Waals surface area contributed by atoms with Crippen molar-refractivity contribution in [1.82, 2.24) is 0 Å². The molecule has 3 rings (SSSR count). The number of likely N-dealkylation sites (N-methyl/N-ethyl adjacent to an activating group) is 1. The largest absolute Gasteiger partial charge is 0.479 e. The smallest absolute Gasteiger partial charge is 0.340 e. The highest BCUT2D eigenvalue weighted by molar-refractivity contribution is 5.80. The van der Waals surface area contributed by atoms with Gasteiger partial charge >= 0.3 is 5.97 Å². The van der Waals surface area contributed by atoms with Crippen LogP contribution in [0.15, 0.2) is 30.3 Å². The molecule has 2 fully saturated rings. The van der Waals surface area contributed by atoms with E-state index in [4.69, 9.17) is 4.74 Å². The van der Waals surface area contributed by atoms with Gasteiger partial charge in [-0.1, -0.05) is 43.2 Å². The molecule has 126 valence electrons. The molecule has 1 N–H and O–H groups in total. The second kappa shape index (κ2) is 6.25. The molecule has 0 bridgehead atoms. The summed E-state index contributed by atoms with van der Waals surface area (Å²) in [5.41, 5.74) is -0.385. The van der Waals surface area contributed by atoms with E-state index < -0.39 is 11.6 Å². The number of benzene rings is 1. The third-order valence-electron chi connectivity index (χ3n) is 5.56. The first-order valence-electron chi connectivity index (χ1n) is 8.73. The van der Waals surface area contributed by atoms with Crippen LogP contribution in [0.3, 0.4) is 0 Å². The van der Waals surface area contributed by atoms with Gasteiger partial charge in [-0.15, -0.1) is 0 Å². The molecule has 2 unspecified atom stereocenters. The van der Waals surface area contributed by atoms with Gasteiger partial charge in [-0.25, -0.2) is 4.79 Å². The standard InChI is InChI=1S/C19H27NO3/c1-20(2)13-12-17(14-20)23-19(18(21)22,16-10-6-7-11-16)15-8-4-3-5-9-15/h3-5,8-9,16-17H,6-7,10-14H2,1-2H3/p+1. The van der Waals surface area contributed by atoms with E-state index in [1.165, 1.54) is 0 Å². The fourth-order valence-corrected chi connectivity index (χ4v) is 4.35. The van der Waals surface area contributed by atoms with Crippen LogP contribution in [-0.2, 0) is 15.1 Å². The molecule has 0 spiro atoms. The Balaban J connectivity index is 1.96. The van der Waals surface area contributed by atoms with E-state index in [1.807, 2.05) is 30.3 Å². The van der Waals surface area contributed by atoms with Gasteiger partial charge in [-0.3, -0.25) is 0 Å². The summed E-state index contributed by atoms with van der Waals surface area (Å²) >= 11 is 0. The lowest BCUT2D eigenvalue weighted by Gasteiger charge is -2.37. The highest BCUT2D eigenvalue weighted by atomic mass is 16.5. The summed E-state index contributed by atoms with van der Waals surface area (Å²) in [6, 6.07) is 9.60. The van der Waals surface area contributed by atoms with E-state index in [0.29, 0.717) is 0 Å². The highest BCUT2D eigenvalue weighted by Gasteiger charge is 2.52. The van der Waals surface area contributed by atoms with Crippen molar-refractivity contribution in [2.75, 3.05) is 27.2 Å². The minimum Gasteiger partial charge on any atom is -0.479 e. The van der Waals surface area contributed by atoms with E-state index in [0.717, 1.165) is 55.2 Å². The summed E-state index contributed by atoms with van der Waals surface area (Å²) in [5.74, 6) is -0.758. The number of quaternary nitrogens is 1. The fourth-order valence-electron chi connectivity index (χ4n) is 4.35. The number of carboxylic acids is 1. The second-order valence-electron chi connectivity index (χ2n) is 7.76. The Hall–Kier alpha value is -1.39. The molecule has 1 heterocycles. The van der Waals surface area contributed by atoms with Crippen LogP contribution in [0.4, 0.5) is 0 Å². The Morgan fingerprint density at radius 2 is 1.83 bits per heavy atom. The summed E-state index contributed by atoms with van der Waals surface area (Å²) in [5, 5.41) is 10.2. The van der Waals surface area contributed by atoms with E-state index in [2.05, 4.69) is 14.1 Å². The Morgan fingerprint density at radius 1 is 1.17 bits per heavy atom. The number of hydrogen-bond donors (Lipinski definition) is 1. The lowest BCUT2D eigenvalue weighted by molar-refractivity contribution is -0.879. The van der Waals surface area contributed by atoms with Crippen LogP contribution >= 0.6 is 0 Å². The van der Waals surface area contributed by atoms with Crippen molar-refractivity contribution in [3.05, 3.63) is 35.9 Å². The van der Waals surface area contributed by atoms with Gasteiger partial charge < -0.3 is 14.3 Å². The minimum absolute atomic E-state index is 0.0157. The number of carbonyl (C=O) groups is 1. The SMILES string of the molecule is C[N+]1(C)CCC(OC(C(=O)O)(c2ccccc2)C2CCCC2)C1. The molecule has 0 radical (unpaired) electrons. The summed E-state index contributed by atoms with van der Waals surface area (Å²) in [6.45, 7) is 1.93. The van der Waals surface area contributed by atoms with Gasteiger partial charge in [0.15, 0.2) is 5.60 Å². The van der Waals surface area contributed by atoms with Crippen LogP contribution in [0.1, 0.15) is 37.7 Å². The van der Waals surface area contributed by atoms with Crippen LogP contribution in [-0.4, -0.2) is 48.8 Å². The molecule has 23 heavy (non-hydrogen) atoms. The first kappa shape index (κ1) is 16.5. The Morgan fingerprint density at radius 3 is 2.35 bits per heavy atom. The second-order valence-corrected chi connectivity index (χ2v) is 7.76. The molecular formula is C19H28NO3+. The number of carboxylic acid groups (broad SMARTS) is 1. The van der Waals surface area contributed by atoms with E-state index >= 15 is 0 Å². The zero-order valence-corrected chi connectivity index (χ0v) is 14.2. The minimum atomic E-state index is -1.19. The predicted molar refractivity (Wildman–Crippen MR) is 89.0 cm³/mol. The van der Waals surface area contributed by atoms with Crippen molar-refractivity contribution in [1.29, 1.82) is 0 Å². The van der Waals surface area contributed by atoms with E-state index in [9.17, 15) is 9.90 Å². The van der Waals surface area contributed by atoms with Gasteiger partial charge in [-0.05, 0) is 18.4 Å². The average Bonchev–Trinajstić information content (AvgIpc) is 3.15. The molecule has 1 aromatic rings. The molecule has 0 amide bonds. The fraction of sp³-hybridized carbons (Fsp3) is 0.632. The van der Waals surface area contributed by atoms with Crippen molar-refractivity contribution >= 4 is 5.97 Å². The Bertz CT molecular complexity index is 551. The van der Waals surface area contributed by atoms with Crippen molar-refractivity contribution in [2.45, 2.75) is 43.8 Å². The third-order valence-corrected chi connectivity index (χ3v) is 5.56. The van der Waals surface area contributed by atoms with Gasteiger partial charge in [0.2, 0.25) is 0 Å². The molecule has 4 nitrogen and oxygen atoms in total. The Labute approximate surface area is 138 Å². The third kappa shape index (κ3) is 3.15. The van der Waals surface area contributed by atoms with Gasteiger partial charge in [0.1, 0.15) is 12.6 Å². The molecule has 1 saturated carbocycles. The molecule has 1 saturated heterocycles. The van der Waals surface area contributed by atoms with Crippen molar-refractivity contribution in [2.24, 2.45) is 5.92 Å². The maximum atomic E-state index is 12.4. The molecule has 1 aliphatic heterocycles. The molecule has 2 aliphatic rings. The molecule has 1 aliphatic carbocycles. The van der Waals surface area contributed by atoms with E-state index in [-0.39, 0.29) is 12.0 Å². The van der Waals surface area contributed by atoms with Crippen LogP contribution in [0.2, 0.25) is 0 Å². The lowest BCUT2D eigenvalue weighted by atomic mass is 9.79. The maximum Gasteiger partial charge on any atom is 0.340 e. The zero-order chi connectivity index (χ0) is 16.5. The number of hydrogen-bond acceptors (Lipinski definition) is 2. The van der Waals surface area contributed by atoms with Gasteiger partial charge in [0, 0.05) is 12.3 Å².